The van der Waals surface area contributed by atoms with E-state index in [1.54, 1.807) is 0 Å². The van der Waals surface area contributed by atoms with Gasteiger partial charge in [0.15, 0.2) is 5.82 Å². The summed E-state index contributed by atoms with van der Waals surface area (Å²) in [6.45, 7) is 0. The Hall–Kier alpha value is -8.08. The number of hydrogen-bond acceptors (Lipinski definition) is 4. The van der Waals surface area contributed by atoms with Gasteiger partial charge in [0.2, 0.25) is 0 Å². The fraction of sp³-hybridized carbons (Fsp3) is 0. The first-order valence-corrected chi connectivity index (χ1v) is 20.2. The van der Waals surface area contributed by atoms with Gasteiger partial charge in [0.25, 0.3) is 0 Å². The molecule has 0 spiro atoms. The Bertz CT molecular complexity index is 3610. The number of aromatic nitrogens is 2. The van der Waals surface area contributed by atoms with E-state index in [1.165, 1.54) is 10.8 Å². The zero-order chi connectivity index (χ0) is 39.6. The number of benzene rings is 9. The lowest BCUT2D eigenvalue weighted by molar-refractivity contribution is 0.669. The third-order valence-electron chi connectivity index (χ3n) is 11.7. The van der Waals surface area contributed by atoms with Gasteiger partial charge >= 0.3 is 0 Å². The summed E-state index contributed by atoms with van der Waals surface area (Å²) in [5.74, 6) is 0.598. The van der Waals surface area contributed by atoms with Gasteiger partial charge in [-0.15, -0.1) is 0 Å². The second-order valence-corrected chi connectivity index (χ2v) is 15.3. The van der Waals surface area contributed by atoms with Crippen LogP contribution < -0.4 is 0 Å². The lowest BCUT2D eigenvalue weighted by Crippen LogP contribution is -1.97. The van der Waals surface area contributed by atoms with Crippen molar-refractivity contribution in [2.45, 2.75) is 0 Å². The Balaban J connectivity index is 1.12. The smallest absolute Gasteiger partial charge is 0.164 e. The maximum atomic E-state index is 6.57. The largest absolute Gasteiger partial charge is 0.456 e. The number of rotatable bonds is 6. The first kappa shape index (κ1) is 34.0. The van der Waals surface area contributed by atoms with Crippen molar-refractivity contribution in [1.29, 1.82) is 0 Å². The number of furan rings is 2. The third-order valence-corrected chi connectivity index (χ3v) is 11.7. The van der Waals surface area contributed by atoms with Crippen LogP contribution in [0.3, 0.4) is 0 Å². The van der Waals surface area contributed by atoms with Gasteiger partial charge in [-0.3, -0.25) is 0 Å². The molecular weight excluding hydrogens is 733 g/mol. The molecule has 4 heteroatoms. The highest BCUT2D eigenvalue weighted by Gasteiger charge is 2.19. The summed E-state index contributed by atoms with van der Waals surface area (Å²) in [5, 5.41) is 6.67. The van der Waals surface area contributed by atoms with Crippen LogP contribution in [0.25, 0.3) is 122 Å². The van der Waals surface area contributed by atoms with E-state index in [-0.39, 0.29) is 0 Å². The normalized spacial score (nSPS) is 11.7. The standard InChI is InChI=1S/C56H34N2O2/c1-2-13-35(14-3-1)37-17-10-18-39(29-37)50-34-51(58-56(57-50)48-24-12-23-47-45-20-6-9-26-53(45)60-55(47)48)42-31-40(30-41(32-42)44-22-11-16-36-15-4-5-19-43(36)44)38-27-28-54-49(33-38)46-21-7-8-25-52(46)59-54/h1-34H. The summed E-state index contributed by atoms with van der Waals surface area (Å²) < 4.78 is 12.8. The molecule has 0 saturated carbocycles. The molecule has 3 aromatic heterocycles. The van der Waals surface area contributed by atoms with Crippen molar-refractivity contribution in [2.24, 2.45) is 0 Å². The molecule has 280 valence electrons. The average Bonchev–Trinajstić information content (AvgIpc) is 3.90. The second-order valence-electron chi connectivity index (χ2n) is 15.3. The zero-order valence-corrected chi connectivity index (χ0v) is 32.3. The number of nitrogens with zero attached hydrogens (tertiary/aromatic N) is 2. The highest BCUT2D eigenvalue weighted by atomic mass is 16.3. The van der Waals surface area contributed by atoms with Crippen LogP contribution in [-0.4, -0.2) is 9.97 Å². The summed E-state index contributed by atoms with van der Waals surface area (Å²) in [4.78, 5) is 10.8. The molecule has 0 bridgehead atoms. The minimum atomic E-state index is 0.598. The Morgan fingerprint density at radius 2 is 0.833 bits per heavy atom. The summed E-state index contributed by atoms with van der Waals surface area (Å²) in [7, 11) is 0. The van der Waals surface area contributed by atoms with Crippen molar-refractivity contribution < 1.29 is 8.83 Å². The quantitative estimate of drug-likeness (QED) is 0.169. The predicted octanol–water partition coefficient (Wildman–Crippen LogP) is 15.4. The van der Waals surface area contributed by atoms with E-state index >= 15 is 0 Å². The molecule has 0 N–H and O–H groups in total. The monoisotopic (exact) mass is 766 g/mol. The minimum absolute atomic E-state index is 0.598. The van der Waals surface area contributed by atoms with E-state index in [0.29, 0.717) is 5.82 Å². The Morgan fingerprint density at radius 1 is 0.283 bits per heavy atom. The van der Waals surface area contributed by atoms with E-state index in [2.05, 4.69) is 170 Å². The van der Waals surface area contributed by atoms with Crippen LogP contribution in [0.15, 0.2) is 215 Å². The summed E-state index contributed by atoms with van der Waals surface area (Å²) in [6, 6.07) is 72.3. The Labute approximate surface area is 345 Å². The molecule has 0 atom stereocenters. The zero-order valence-electron chi connectivity index (χ0n) is 32.3. The molecule has 0 aliphatic heterocycles. The third kappa shape index (κ3) is 5.77. The van der Waals surface area contributed by atoms with Gasteiger partial charge in [-0.1, -0.05) is 146 Å². The van der Waals surface area contributed by atoms with Gasteiger partial charge in [-0.2, -0.15) is 0 Å². The van der Waals surface area contributed by atoms with Crippen LogP contribution in [0.4, 0.5) is 0 Å². The van der Waals surface area contributed by atoms with Crippen molar-refractivity contribution in [1.82, 2.24) is 9.97 Å². The first-order chi connectivity index (χ1) is 29.7. The SMILES string of the molecule is c1ccc(-c2cccc(-c3cc(-c4cc(-c5ccc6oc7ccccc7c6c5)cc(-c5cccc6ccccc56)c4)nc(-c4cccc5c4oc4ccccc45)n3)c2)cc1. The fourth-order valence-electron chi connectivity index (χ4n) is 8.76. The molecule has 12 rings (SSSR count). The van der Waals surface area contributed by atoms with Crippen LogP contribution in [0.2, 0.25) is 0 Å². The molecule has 0 radical (unpaired) electrons. The molecule has 9 aromatic carbocycles. The topological polar surface area (TPSA) is 52.1 Å². The van der Waals surface area contributed by atoms with E-state index in [4.69, 9.17) is 18.8 Å². The Kier molecular flexibility index (Phi) is 7.82. The summed E-state index contributed by atoms with van der Waals surface area (Å²) in [5.41, 5.74) is 14.5. The lowest BCUT2D eigenvalue weighted by Gasteiger charge is -2.15. The van der Waals surface area contributed by atoms with E-state index in [0.717, 1.165) is 105 Å². The van der Waals surface area contributed by atoms with Gasteiger partial charge in [0.05, 0.1) is 17.0 Å². The van der Waals surface area contributed by atoms with E-state index in [9.17, 15) is 0 Å². The van der Waals surface area contributed by atoms with Crippen molar-refractivity contribution in [2.75, 3.05) is 0 Å². The molecule has 0 fully saturated rings. The molecule has 0 amide bonds. The van der Waals surface area contributed by atoms with Gasteiger partial charge in [-0.05, 0) is 105 Å². The molecule has 0 saturated heterocycles. The minimum Gasteiger partial charge on any atom is -0.456 e. The van der Waals surface area contributed by atoms with Crippen LogP contribution in [-0.2, 0) is 0 Å². The van der Waals surface area contributed by atoms with Gasteiger partial charge in [0, 0.05) is 32.7 Å². The summed E-state index contributed by atoms with van der Waals surface area (Å²) >= 11 is 0. The number of para-hydroxylation sites is 3. The van der Waals surface area contributed by atoms with E-state index in [1.807, 2.05) is 36.4 Å². The maximum absolute atomic E-state index is 6.57. The number of hydrogen-bond donors (Lipinski definition) is 0. The molecule has 0 aliphatic rings. The summed E-state index contributed by atoms with van der Waals surface area (Å²) in [6.07, 6.45) is 0. The van der Waals surface area contributed by atoms with Crippen LogP contribution in [0.5, 0.6) is 0 Å². The lowest BCUT2D eigenvalue weighted by atomic mass is 9.91. The molecule has 0 unspecified atom stereocenters. The maximum Gasteiger partial charge on any atom is 0.164 e. The molecular formula is C56H34N2O2. The van der Waals surface area contributed by atoms with E-state index < -0.39 is 0 Å². The highest BCUT2D eigenvalue weighted by molar-refractivity contribution is 6.09. The van der Waals surface area contributed by atoms with Crippen molar-refractivity contribution in [3.05, 3.63) is 206 Å². The second kappa shape index (κ2) is 13.8. The molecule has 60 heavy (non-hydrogen) atoms. The number of fused-ring (bicyclic) bond motifs is 7. The van der Waals surface area contributed by atoms with Gasteiger partial charge in [-0.25, -0.2) is 9.97 Å². The fourth-order valence-corrected chi connectivity index (χ4v) is 8.76. The molecule has 4 nitrogen and oxygen atoms in total. The highest BCUT2D eigenvalue weighted by Crippen LogP contribution is 2.41. The van der Waals surface area contributed by atoms with Crippen molar-refractivity contribution >= 4 is 54.6 Å². The molecule has 3 heterocycles. The van der Waals surface area contributed by atoms with Gasteiger partial charge < -0.3 is 8.83 Å². The molecule has 12 aromatic rings. The first-order valence-electron chi connectivity index (χ1n) is 20.2. The van der Waals surface area contributed by atoms with Crippen molar-refractivity contribution in [3.63, 3.8) is 0 Å². The van der Waals surface area contributed by atoms with Gasteiger partial charge in [0.1, 0.15) is 22.3 Å². The van der Waals surface area contributed by atoms with Crippen LogP contribution in [0, 0.1) is 0 Å². The van der Waals surface area contributed by atoms with Crippen molar-refractivity contribution in [3.8, 4) is 67.3 Å². The Morgan fingerprint density at radius 3 is 1.70 bits per heavy atom. The van der Waals surface area contributed by atoms with Crippen LogP contribution >= 0.6 is 0 Å². The average molecular weight is 767 g/mol. The predicted molar refractivity (Wildman–Crippen MR) is 247 cm³/mol. The molecule has 0 aliphatic carbocycles. The van der Waals surface area contributed by atoms with Crippen LogP contribution in [0.1, 0.15) is 0 Å².